The number of carbonyl (C=O) groups is 1. The topological polar surface area (TPSA) is 49.8 Å². The van der Waals surface area contributed by atoms with Crippen LogP contribution in [0.25, 0.3) is 0 Å². The van der Waals surface area contributed by atoms with Crippen molar-refractivity contribution in [3.63, 3.8) is 0 Å². The molecule has 0 saturated carbocycles. The van der Waals surface area contributed by atoms with Crippen LogP contribution in [-0.2, 0) is 9.53 Å². The predicted octanol–water partition coefficient (Wildman–Crippen LogP) is 0.785. The molecular formula is C11H21NO3. The monoisotopic (exact) mass is 215 g/mol. The summed E-state index contributed by atoms with van der Waals surface area (Å²) in [5, 5.41) is 9.13. The predicted molar refractivity (Wildman–Crippen MR) is 57.5 cm³/mol. The van der Waals surface area contributed by atoms with Crippen LogP contribution in [0.3, 0.4) is 0 Å². The third-order valence-corrected chi connectivity index (χ3v) is 2.80. The number of morpholine rings is 1. The van der Waals surface area contributed by atoms with Crippen molar-refractivity contribution >= 4 is 5.91 Å². The largest absolute Gasteiger partial charge is 0.393 e. The number of carbonyl (C=O) groups excluding carboxylic acids is 1. The van der Waals surface area contributed by atoms with Gasteiger partial charge in [0, 0.05) is 13.0 Å². The summed E-state index contributed by atoms with van der Waals surface area (Å²) in [7, 11) is 0. The third-order valence-electron chi connectivity index (χ3n) is 2.80. The van der Waals surface area contributed by atoms with Crippen molar-refractivity contribution < 1.29 is 14.6 Å². The first-order valence-corrected chi connectivity index (χ1v) is 5.70. The molecule has 1 saturated heterocycles. The molecule has 0 spiro atoms. The normalized spacial score (nSPS) is 23.9. The lowest BCUT2D eigenvalue weighted by Gasteiger charge is -2.35. The number of nitrogens with zero attached hydrogens (tertiary/aromatic N) is 1. The lowest BCUT2D eigenvalue weighted by atomic mass is 10.1. The van der Waals surface area contributed by atoms with E-state index in [4.69, 9.17) is 9.84 Å². The van der Waals surface area contributed by atoms with Crippen molar-refractivity contribution in [3.05, 3.63) is 0 Å². The molecule has 2 unspecified atom stereocenters. The summed E-state index contributed by atoms with van der Waals surface area (Å²) < 4.78 is 5.34. The van der Waals surface area contributed by atoms with E-state index in [9.17, 15) is 4.79 Å². The quantitative estimate of drug-likeness (QED) is 0.754. The highest BCUT2D eigenvalue weighted by molar-refractivity contribution is 5.76. The molecule has 1 N–H and O–H groups in total. The molecule has 0 aromatic carbocycles. The number of hydrogen-bond donors (Lipinski definition) is 1. The van der Waals surface area contributed by atoms with Crippen molar-refractivity contribution in [2.45, 2.75) is 45.3 Å². The van der Waals surface area contributed by atoms with E-state index in [1.807, 2.05) is 4.90 Å². The molecule has 4 heteroatoms. The van der Waals surface area contributed by atoms with Gasteiger partial charge in [0.2, 0.25) is 5.91 Å². The molecule has 1 fully saturated rings. The molecule has 0 aliphatic carbocycles. The Morgan fingerprint density at radius 1 is 1.67 bits per heavy atom. The summed E-state index contributed by atoms with van der Waals surface area (Å²) in [4.78, 5) is 13.7. The van der Waals surface area contributed by atoms with Crippen LogP contribution in [0.4, 0.5) is 0 Å². The fourth-order valence-corrected chi connectivity index (χ4v) is 1.80. The summed E-state index contributed by atoms with van der Waals surface area (Å²) in [6.07, 6.45) is 1.52. The summed E-state index contributed by atoms with van der Waals surface area (Å²) in [6, 6.07) is 0.222. The van der Waals surface area contributed by atoms with Crippen molar-refractivity contribution in [2.75, 3.05) is 19.8 Å². The van der Waals surface area contributed by atoms with E-state index in [2.05, 4.69) is 6.92 Å². The molecule has 1 rings (SSSR count). The second-order valence-corrected chi connectivity index (χ2v) is 4.11. The van der Waals surface area contributed by atoms with E-state index in [0.717, 1.165) is 6.42 Å². The van der Waals surface area contributed by atoms with Crippen molar-refractivity contribution in [1.29, 1.82) is 0 Å². The maximum absolute atomic E-state index is 11.8. The molecule has 4 nitrogen and oxygen atoms in total. The molecule has 1 amide bonds. The lowest BCUT2D eigenvalue weighted by molar-refractivity contribution is -0.140. The Morgan fingerprint density at radius 3 is 3.00 bits per heavy atom. The number of amides is 1. The molecular weight excluding hydrogens is 194 g/mol. The minimum Gasteiger partial charge on any atom is -0.393 e. The molecule has 1 aliphatic heterocycles. The van der Waals surface area contributed by atoms with Crippen LogP contribution in [0.2, 0.25) is 0 Å². The number of ether oxygens (including phenoxy) is 1. The van der Waals surface area contributed by atoms with Crippen LogP contribution in [0.15, 0.2) is 0 Å². The summed E-state index contributed by atoms with van der Waals surface area (Å²) in [6.45, 7) is 5.75. The lowest BCUT2D eigenvalue weighted by Crippen LogP contribution is -2.48. The zero-order chi connectivity index (χ0) is 11.3. The van der Waals surface area contributed by atoms with Gasteiger partial charge in [-0.15, -0.1) is 0 Å². The second-order valence-electron chi connectivity index (χ2n) is 4.11. The van der Waals surface area contributed by atoms with Gasteiger partial charge in [-0.2, -0.15) is 0 Å². The van der Waals surface area contributed by atoms with Gasteiger partial charge in [0.1, 0.15) is 0 Å². The highest BCUT2D eigenvalue weighted by atomic mass is 16.5. The van der Waals surface area contributed by atoms with E-state index in [-0.39, 0.29) is 11.9 Å². The van der Waals surface area contributed by atoms with E-state index in [1.54, 1.807) is 6.92 Å². The van der Waals surface area contributed by atoms with E-state index < -0.39 is 6.10 Å². The highest BCUT2D eigenvalue weighted by Crippen LogP contribution is 2.12. The summed E-state index contributed by atoms with van der Waals surface area (Å²) >= 11 is 0. The van der Waals surface area contributed by atoms with Crippen molar-refractivity contribution in [2.24, 2.45) is 0 Å². The molecule has 2 atom stereocenters. The number of rotatable bonds is 4. The molecule has 15 heavy (non-hydrogen) atoms. The first kappa shape index (κ1) is 12.5. The van der Waals surface area contributed by atoms with Gasteiger partial charge in [-0.1, -0.05) is 6.92 Å². The summed E-state index contributed by atoms with van der Waals surface area (Å²) in [5.74, 6) is 0.144. The van der Waals surface area contributed by atoms with Crippen LogP contribution in [0.5, 0.6) is 0 Å². The molecule has 1 aliphatic rings. The minimum atomic E-state index is -0.393. The van der Waals surface area contributed by atoms with Gasteiger partial charge in [0.05, 0.1) is 25.4 Å². The Hall–Kier alpha value is -0.610. The average molecular weight is 215 g/mol. The van der Waals surface area contributed by atoms with Crippen molar-refractivity contribution in [3.8, 4) is 0 Å². The van der Waals surface area contributed by atoms with Gasteiger partial charge in [0.25, 0.3) is 0 Å². The zero-order valence-electron chi connectivity index (χ0n) is 9.61. The van der Waals surface area contributed by atoms with Gasteiger partial charge in [-0.3, -0.25) is 4.79 Å². The smallest absolute Gasteiger partial charge is 0.223 e. The Morgan fingerprint density at radius 2 is 2.40 bits per heavy atom. The number of aliphatic hydroxyl groups is 1. The van der Waals surface area contributed by atoms with Gasteiger partial charge in [-0.05, 0) is 19.8 Å². The summed E-state index contributed by atoms with van der Waals surface area (Å²) in [5.41, 5.74) is 0. The molecule has 0 aromatic heterocycles. The Balaban J connectivity index is 2.41. The van der Waals surface area contributed by atoms with Crippen LogP contribution in [0.1, 0.15) is 33.1 Å². The Labute approximate surface area is 91.2 Å². The van der Waals surface area contributed by atoms with Gasteiger partial charge in [0.15, 0.2) is 0 Å². The second kappa shape index (κ2) is 6.08. The van der Waals surface area contributed by atoms with Gasteiger partial charge >= 0.3 is 0 Å². The van der Waals surface area contributed by atoms with Crippen LogP contribution >= 0.6 is 0 Å². The molecule has 1 heterocycles. The molecule has 0 aromatic rings. The van der Waals surface area contributed by atoms with Gasteiger partial charge < -0.3 is 14.7 Å². The highest BCUT2D eigenvalue weighted by Gasteiger charge is 2.25. The van der Waals surface area contributed by atoms with Crippen molar-refractivity contribution in [1.82, 2.24) is 4.90 Å². The minimum absolute atomic E-state index is 0.144. The first-order chi connectivity index (χ1) is 7.15. The van der Waals surface area contributed by atoms with Crippen LogP contribution < -0.4 is 0 Å². The maximum Gasteiger partial charge on any atom is 0.223 e. The number of aliphatic hydroxyl groups excluding tert-OH is 1. The van der Waals surface area contributed by atoms with E-state index in [1.165, 1.54) is 0 Å². The van der Waals surface area contributed by atoms with Gasteiger partial charge in [-0.25, -0.2) is 0 Å². The molecule has 0 radical (unpaired) electrons. The van der Waals surface area contributed by atoms with Crippen LogP contribution in [0, 0.1) is 0 Å². The average Bonchev–Trinajstić information content (AvgIpc) is 2.25. The Bertz CT molecular complexity index is 206. The third kappa shape index (κ3) is 3.80. The molecule has 0 bridgehead atoms. The standard InChI is InChI=1S/C11H21NO3/c1-3-10-8-15-7-6-12(10)11(14)5-4-9(2)13/h9-10,13H,3-8H2,1-2H3. The Kier molecular flexibility index (Phi) is 5.05. The fourth-order valence-electron chi connectivity index (χ4n) is 1.80. The maximum atomic E-state index is 11.8. The zero-order valence-corrected chi connectivity index (χ0v) is 9.61. The van der Waals surface area contributed by atoms with Crippen LogP contribution in [-0.4, -0.2) is 47.8 Å². The van der Waals surface area contributed by atoms with E-state index in [0.29, 0.717) is 32.6 Å². The fraction of sp³-hybridized carbons (Fsp3) is 0.909. The number of hydrogen-bond acceptors (Lipinski definition) is 3. The molecule has 88 valence electrons. The SMILES string of the molecule is CCC1COCCN1C(=O)CCC(C)O. The van der Waals surface area contributed by atoms with E-state index >= 15 is 0 Å². The first-order valence-electron chi connectivity index (χ1n) is 5.70.